The second-order valence-corrected chi connectivity index (χ2v) is 5.02. The van der Waals surface area contributed by atoms with Crippen LogP contribution in [0, 0.1) is 0 Å². The molecule has 6 nitrogen and oxygen atoms in total. The van der Waals surface area contributed by atoms with Crippen LogP contribution in [0.15, 0.2) is 6.07 Å². The number of nitrogens with two attached hydrogens (primary N) is 1. The normalized spacial score (nSPS) is 17.7. The number of hydrazine groups is 1. The van der Waals surface area contributed by atoms with Crippen molar-refractivity contribution in [2.24, 2.45) is 5.84 Å². The molecule has 1 aromatic heterocycles. The lowest BCUT2D eigenvalue weighted by molar-refractivity contribution is 0.178. The fourth-order valence-corrected chi connectivity index (χ4v) is 2.42. The summed E-state index contributed by atoms with van der Waals surface area (Å²) in [5, 5.41) is 3.49. The zero-order valence-electron chi connectivity index (χ0n) is 11.0. The summed E-state index contributed by atoms with van der Waals surface area (Å²) in [5.74, 6) is 7.44. The minimum absolute atomic E-state index is 0.130. The Morgan fingerprint density at radius 1 is 1.33 bits per heavy atom. The standard InChI is InChI=1S/C12H21N5O/c1-12(5-3-4-6-12)16-9-7-10(17-13)15-11(14-9)8-18-2/h7H,3-6,8,13H2,1-2H3,(H2,14,15,16,17). The molecule has 100 valence electrons. The first-order valence-corrected chi connectivity index (χ1v) is 6.27. The van der Waals surface area contributed by atoms with Crippen LogP contribution in [-0.2, 0) is 11.3 Å². The van der Waals surface area contributed by atoms with Crippen LogP contribution >= 0.6 is 0 Å². The number of nitrogen functional groups attached to an aromatic ring is 1. The van der Waals surface area contributed by atoms with E-state index in [2.05, 4.69) is 27.6 Å². The summed E-state index contributed by atoms with van der Waals surface area (Å²) in [4.78, 5) is 8.66. The average Bonchev–Trinajstić information content (AvgIpc) is 2.75. The monoisotopic (exact) mass is 251 g/mol. The van der Waals surface area contributed by atoms with Crippen molar-refractivity contribution in [1.29, 1.82) is 0 Å². The van der Waals surface area contributed by atoms with Crippen LogP contribution < -0.4 is 16.6 Å². The maximum atomic E-state index is 5.42. The number of aromatic nitrogens is 2. The van der Waals surface area contributed by atoms with Gasteiger partial charge in [0.25, 0.3) is 0 Å². The van der Waals surface area contributed by atoms with Crippen LogP contribution in [0.25, 0.3) is 0 Å². The van der Waals surface area contributed by atoms with E-state index < -0.39 is 0 Å². The van der Waals surface area contributed by atoms with Crippen LogP contribution in [0.1, 0.15) is 38.4 Å². The van der Waals surface area contributed by atoms with Crippen LogP contribution in [0.4, 0.5) is 11.6 Å². The molecule has 4 N–H and O–H groups in total. The molecule has 0 unspecified atom stereocenters. The van der Waals surface area contributed by atoms with Crippen molar-refractivity contribution in [2.75, 3.05) is 17.9 Å². The summed E-state index contributed by atoms with van der Waals surface area (Å²) in [6.45, 7) is 2.61. The minimum atomic E-state index is 0.130. The Labute approximate surface area is 107 Å². The highest BCUT2D eigenvalue weighted by molar-refractivity contribution is 5.48. The highest BCUT2D eigenvalue weighted by atomic mass is 16.5. The lowest BCUT2D eigenvalue weighted by atomic mass is 10.0. The third-order valence-electron chi connectivity index (χ3n) is 3.33. The zero-order valence-corrected chi connectivity index (χ0v) is 11.0. The number of hydrogen-bond acceptors (Lipinski definition) is 6. The molecule has 0 atom stereocenters. The van der Waals surface area contributed by atoms with Gasteiger partial charge < -0.3 is 15.5 Å². The Balaban J connectivity index is 2.17. The molecule has 0 spiro atoms. The van der Waals surface area contributed by atoms with E-state index in [0.29, 0.717) is 18.2 Å². The first-order valence-electron chi connectivity index (χ1n) is 6.27. The minimum Gasteiger partial charge on any atom is -0.377 e. The first kappa shape index (κ1) is 13.0. The highest BCUT2D eigenvalue weighted by Gasteiger charge is 2.28. The van der Waals surface area contributed by atoms with Crippen molar-refractivity contribution >= 4 is 11.6 Å². The van der Waals surface area contributed by atoms with Crippen molar-refractivity contribution in [1.82, 2.24) is 9.97 Å². The van der Waals surface area contributed by atoms with Gasteiger partial charge in [0.1, 0.15) is 18.2 Å². The molecular formula is C12H21N5O. The van der Waals surface area contributed by atoms with Crippen LogP contribution in [0.3, 0.4) is 0 Å². The van der Waals surface area contributed by atoms with E-state index in [4.69, 9.17) is 10.6 Å². The van der Waals surface area contributed by atoms with Crippen molar-refractivity contribution in [3.8, 4) is 0 Å². The van der Waals surface area contributed by atoms with E-state index in [9.17, 15) is 0 Å². The highest BCUT2D eigenvalue weighted by Crippen LogP contribution is 2.32. The number of methoxy groups -OCH3 is 1. The van der Waals surface area contributed by atoms with E-state index in [1.807, 2.05) is 6.07 Å². The fourth-order valence-electron chi connectivity index (χ4n) is 2.42. The predicted molar refractivity (Wildman–Crippen MR) is 71.1 cm³/mol. The summed E-state index contributed by atoms with van der Waals surface area (Å²) in [6.07, 6.45) is 4.87. The van der Waals surface area contributed by atoms with E-state index in [1.165, 1.54) is 25.7 Å². The quantitative estimate of drug-likeness (QED) is 0.545. The Bertz CT molecular complexity index is 403. The molecule has 0 radical (unpaired) electrons. The lowest BCUT2D eigenvalue weighted by Gasteiger charge is -2.26. The fraction of sp³-hybridized carbons (Fsp3) is 0.667. The van der Waals surface area contributed by atoms with Gasteiger partial charge in [0.05, 0.1) is 0 Å². The molecule has 1 heterocycles. The summed E-state index contributed by atoms with van der Waals surface area (Å²) >= 11 is 0. The molecule has 0 bridgehead atoms. The molecule has 0 saturated heterocycles. The average molecular weight is 251 g/mol. The maximum Gasteiger partial charge on any atom is 0.158 e. The van der Waals surface area contributed by atoms with Crippen molar-refractivity contribution in [3.05, 3.63) is 11.9 Å². The van der Waals surface area contributed by atoms with E-state index >= 15 is 0 Å². The van der Waals surface area contributed by atoms with Crippen LogP contribution in [0.2, 0.25) is 0 Å². The molecule has 0 amide bonds. The van der Waals surface area contributed by atoms with E-state index in [1.54, 1.807) is 7.11 Å². The molecule has 1 aliphatic carbocycles. The molecule has 1 fully saturated rings. The molecule has 1 saturated carbocycles. The second-order valence-electron chi connectivity index (χ2n) is 5.02. The van der Waals surface area contributed by atoms with Gasteiger partial charge in [0.15, 0.2) is 5.82 Å². The topological polar surface area (TPSA) is 85.1 Å². The molecule has 1 aromatic rings. The van der Waals surface area contributed by atoms with Crippen molar-refractivity contribution in [3.63, 3.8) is 0 Å². The number of ether oxygens (including phenoxy) is 1. The van der Waals surface area contributed by atoms with Gasteiger partial charge in [0.2, 0.25) is 0 Å². The van der Waals surface area contributed by atoms with Gasteiger partial charge in [-0.3, -0.25) is 0 Å². The van der Waals surface area contributed by atoms with E-state index in [-0.39, 0.29) is 5.54 Å². The Hall–Kier alpha value is -1.40. The number of hydrogen-bond donors (Lipinski definition) is 3. The van der Waals surface area contributed by atoms with Gasteiger partial charge >= 0.3 is 0 Å². The number of rotatable bonds is 5. The molecule has 1 aliphatic rings. The van der Waals surface area contributed by atoms with Gasteiger partial charge in [0, 0.05) is 18.7 Å². The maximum absolute atomic E-state index is 5.42. The van der Waals surface area contributed by atoms with Gasteiger partial charge in [-0.15, -0.1) is 0 Å². The molecule has 6 heteroatoms. The summed E-state index contributed by atoms with van der Waals surface area (Å²) in [5.41, 5.74) is 2.69. The van der Waals surface area contributed by atoms with E-state index in [0.717, 1.165) is 5.82 Å². The molecular weight excluding hydrogens is 230 g/mol. The third-order valence-corrected chi connectivity index (χ3v) is 3.33. The van der Waals surface area contributed by atoms with Gasteiger partial charge in [-0.25, -0.2) is 15.8 Å². The second kappa shape index (κ2) is 5.49. The van der Waals surface area contributed by atoms with Gasteiger partial charge in [-0.1, -0.05) is 12.8 Å². The number of anilines is 2. The van der Waals surface area contributed by atoms with Gasteiger partial charge in [-0.2, -0.15) is 0 Å². The molecule has 18 heavy (non-hydrogen) atoms. The number of nitrogens with one attached hydrogen (secondary N) is 2. The van der Waals surface area contributed by atoms with Crippen LogP contribution in [-0.4, -0.2) is 22.6 Å². The zero-order chi connectivity index (χ0) is 13.0. The van der Waals surface area contributed by atoms with Crippen LogP contribution in [0.5, 0.6) is 0 Å². The third kappa shape index (κ3) is 3.08. The summed E-state index contributed by atoms with van der Waals surface area (Å²) in [7, 11) is 1.62. The Morgan fingerprint density at radius 2 is 2.00 bits per heavy atom. The molecule has 0 aliphatic heterocycles. The predicted octanol–water partition coefficient (Wildman–Crippen LogP) is 1.65. The summed E-state index contributed by atoms with van der Waals surface area (Å²) in [6, 6.07) is 1.82. The molecule has 2 rings (SSSR count). The molecule has 0 aromatic carbocycles. The Kier molecular flexibility index (Phi) is 3.98. The SMILES string of the molecule is COCc1nc(NN)cc(NC2(C)CCCC2)n1. The van der Waals surface area contributed by atoms with Gasteiger partial charge in [-0.05, 0) is 19.8 Å². The van der Waals surface area contributed by atoms with Crippen molar-refractivity contribution in [2.45, 2.75) is 44.8 Å². The largest absolute Gasteiger partial charge is 0.377 e. The van der Waals surface area contributed by atoms with Crippen molar-refractivity contribution < 1.29 is 4.74 Å². The number of nitrogens with zero attached hydrogens (tertiary/aromatic N) is 2. The smallest absolute Gasteiger partial charge is 0.158 e. The lowest BCUT2D eigenvalue weighted by Crippen LogP contribution is -2.31. The first-order chi connectivity index (χ1) is 8.65. The summed E-state index contributed by atoms with van der Waals surface area (Å²) < 4.78 is 5.06. The Morgan fingerprint density at radius 3 is 2.61 bits per heavy atom.